The van der Waals surface area contributed by atoms with Crippen molar-refractivity contribution in [1.82, 2.24) is 15.2 Å². The van der Waals surface area contributed by atoms with Gasteiger partial charge in [0.15, 0.2) is 0 Å². The third-order valence-corrected chi connectivity index (χ3v) is 4.32. The SMILES string of the molecule is CCN(CC)CCCCNCc1cc(C(=O)O)ccn1.COc1ccccc1. The predicted octanol–water partition coefficient (Wildman–Crippen LogP) is 3.69. The molecule has 1 heterocycles. The van der Waals surface area contributed by atoms with Crippen molar-refractivity contribution < 1.29 is 14.6 Å². The number of ether oxygens (including phenoxy) is 1. The van der Waals surface area contributed by atoms with Crippen molar-refractivity contribution in [3.8, 4) is 5.75 Å². The Bertz CT molecular complexity index is 661. The number of aromatic carboxylic acids is 1. The molecule has 0 spiro atoms. The first-order chi connectivity index (χ1) is 13.6. The van der Waals surface area contributed by atoms with E-state index in [1.807, 2.05) is 30.3 Å². The second kappa shape index (κ2) is 14.6. The summed E-state index contributed by atoms with van der Waals surface area (Å²) in [5.74, 6) is 0.000345. The fourth-order valence-electron chi connectivity index (χ4n) is 2.61. The van der Waals surface area contributed by atoms with E-state index in [1.165, 1.54) is 12.5 Å². The number of hydrogen-bond acceptors (Lipinski definition) is 5. The van der Waals surface area contributed by atoms with Crippen LogP contribution in [-0.2, 0) is 6.54 Å². The topological polar surface area (TPSA) is 74.7 Å². The number of benzene rings is 1. The van der Waals surface area contributed by atoms with Crippen molar-refractivity contribution >= 4 is 5.97 Å². The first-order valence-electron chi connectivity index (χ1n) is 9.81. The zero-order valence-corrected chi connectivity index (χ0v) is 17.2. The van der Waals surface area contributed by atoms with Crippen LogP contribution in [0.1, 0.15) is 42.7 Å². The molecule has 28 heavy (non-hydrogen) atoms. The minimum Gasteiger partial charge on any atom is -0.497 e. The molecule has 6 heteroatoms. The zero-order valence-electron chi connectivity index (χ0n) is 17.2. The number of nitrogens with one attached hydrogen (secondary N) is 1. The van der Waals surface area contributed by atoms with Gasteiger partial charge in [0.1, 0.15) is 5.75 Å². The van der Waals surface area contributed by atoms with E-state index < -0.39 is 5.97 Å². The highest BCUT2D eigenvalue weighted by atomic mass is 16.5. The highest BCUT2D eigenvalue weighted by molar-refractivity contribution is 5.87. The summed E-state index contributed by atoms with van der Waals surface area (Å²) in [6, 6.07) is 12.8. The van der Waals surface area contributed by atoms with Crippen LogP contribution < -0.4 is 10.1 Å². The lowest BCUT2D eigenvalue weighted by molar-refractivity contribution is 0.0696. The predicted molar refractivity (Wildman–Crippen MR) is 113 cm³/mol. The second-order valence-corrected chi connectivity index (χ2v) is 6.27. The van der Waals surface area contributed by atoms with Gasteiger partial charge in [-0.3, -0.25) is 4.98 Å². The molecule has 0 radical (unpaired) electrons. The number of hydrogen-bond donors (Lipinski definition) is 2. The Kier molecular flexibility index (Phi) is 12.3. The molecule has 0 unspecified atom stereocenters. The minimum absolute atomic E-state index is 0.290. The minimum atomic E-state index is -0.909. The normalized spacial score (nSPS) is 10.3. The number of carboxylic acids is 1. The molecule has 0 saturated heterocycles. The summed E-state index contributed by atoms with van der Waals surface area (Å²) in [4.78, 5) is 17.4. The highest BCUT2D eigenvalue weighted by Gasteiger charge is 2.04. The third-order valence-electron chi connectivity index (χ3n) is 4.32. The van der Waals surface area contributed by atoms with Gasteiger partial charge in [0.05, 0.1) is 18.4 Å². The molecule has 0 aliphatic carbocycles. The largest absolute Gasteiger partial charge is 0.497 e. The fraction of sp³-hybridized carbons (Fsp3) is 0.455. The summed E-state index contributed by atoms with van der Waals surface area (Å²) in [5, 5.41) is 12.2. The third kappa shape index (κ3) is 10.0. The molecule has 1 aromatic heterocycles. The number of pyridine rings is 1. The maximum absolute atomic E-state index is 10.8. The van der Waals surface area contributed by atoms with Gasteiger partial charge in [0, 0.05) is 12.7 Å². The molecule has 0 aliphatic heterocycles. The van der Waals surface area contributed by atoms with Gasteiger partial charge in [-0.2, -0.15) is 0 Å². The van der Waals surface area contributed by atoms with Crippen molar-refractivity contribution in [2.45, 2.75) is 33.2 Å². The number of aromatic nitrogens is 1. The van der Waals surface area contributed by atoms with Crippen LogP contribution in [0.5, 0.6) is 5.75 Å². The molecule has 0 bridgehead atoms. The van der Waals surface area contributed by atoms with E-state index in [0.717, 1.165) is 44.0 Å². The van der Waals surface area contributed by atoms with Crippen LogP contribution in [0.15, 0.2) is 48.7 Å². The van der Waals surface area contributed by atoms with E-state index in [1.54, 1.807) is 19.4 Å². The van der Waals surface area contributed by atoms with Gasteiger partial charge in [-0.1, -0.05) is 32.0 Å². The van der Waals surface area contributed by atoms with Gasteiger partial charge in [0.25, 0.3) is 0 Å². The Hall–Kier alpha value is -2.44. The number of unbranched alkanes of at least 4 members (excludes halogenated alkanes) is 1. The first-order valence-corrected chi connectivity index (χ1v) is 9.81. The van der Waals surface area contributed by atoms with Crippen molar-refractivity contribution in [1.29, 1.82) is 0 Å². The average molecular weight is 388 g/mol. The van der Waals surface area contributed by atoms with E-state index in [-0.39, 0.29) is 0 Å². The smallest absolute Gasteiger partial charge is 0.335 e. The lowest BCUT2D eigenvalue weighted by Crippen LogP contribution is -2.25. The molecule has 2 rings (SSSR count). The van der Waals surface area contributed by atoms with E-state index in [2.05, 4.69) is 29.0 Å². The molecule has 1 aromatic carbocycles. The van der Waals surface area contributed by atoms with Crippen LogP contribution in [0.4, 0.5) is 0 Å². The number of para-hydroxylation sites is 1. The van der Waals surface area contributed by atoms with E-state index in [0.29, 0.717) is 12.1 Å². The van der Waals surface area contributed by atoms with Crippen molar-refractivity contribution in [2.75, 3.05) is 33.3 Å². The Balaban J connectivity index is 0.000000406. The van der Waals surface area contributed by atoms with Gasteiger partial charge in [-0.15, -0.1) is 0 Å². The Morgan fingerprint density at radius 3 is 2.43 bits per heavy atom. The Labute approximate surface area is 168 Å². The second-order valence-electron chi connectivity index (χ2n) is 6.27. The van der Waals surface area contributed by atoms with Gasteiger partial charge in [0.2, 0.25) is 0 Å². The number of methoxy groups -OCH3 is 1. The van der Waals surface area contributed by atoms with Gasteiger partial charge < -0.3 is 20.1 Å². The summed E-state index contributed by atoms with van der Waals surface area (Å²) in [6.45, 7) is 9.27. The number of carbonyl (C=O) groups is 1. The Morgan fingerprint density at radius 1 is 1.14 bits per heavy atom. The molecule has 2 aromatic rings. The molecule has 154 valence electrons. The summed E-state index contributed by atoms with van der Waals surface area (Å²) in [6.07, 6.45) is 3.84. The fourth-order valence-corrected chi connectivity index (χ4v) is 2.61. The number of nitrogens with zero attached hydrogens (tertiary/aromatic N) is 2. The van der Waals surface area contributed by atoms with Crippen LogP contribution in [0.25, 0.3) is 0 Å². The lowest BCUT2D eigenvalue weighted by Gasteiger charge is -2.17. The van der Waals surface area contributed by atoms with Crippen LogP contribution in [0.2, 0.25) is 0 Å². The highest BCUT2D eigenvalue weighted by Crippen LogP contribution is 2.05. The molecule has 6 nitrogen and oxygen atoms in total. The summed E-state index contributed by atoms with van der Waals surface area (Å²) >= 11 is 0. The number of rotatable bonds is 11. The van der Waals surface area contributed by atoms with Crippen molar-refractivity contribution in [2.24, 2.45) is 0 Å². The quantitative estimate of drug-likeness (QED) is 0.573. The first kappa shape index (κ1) is 23.6. The molecule has 0 aliphatic rings. The maximum atomic E-state index is 10.8. The standard InChI is InChI=1S/C15H25N3O2.C7H8O/c1-3-18(4-2)10-6-5-8-16-12-14-11-13(15(19)20)7-9-17-14;1-8-7-5-3-2-4-6-7/h7,9,11,16H,3-6,8,10,12H2,1-2H3,(H,19,20);2-6H,1H3. The molecular weight excluding hydrogens is 354 g/mol. The molecule has 0 saturated carbocycles. The molecular formula is C22H33N3O3. The van der Waals surface area contributed by atoms with E-state index in [9.17, 15) is 4.79 Å². The zero-order chi connectivity index (χ0) is 20.6. The summed E-state index contributed by atoms with van der Waals surface area (Å²) in [5.41, 5.74) is 1.06. The summed E-state index contributed by atoms with van der Waals surface area (Å²) < 4.78 is 4.91. The van der Waals surface area contributed by atoms with Crippen LogP contribution in [-0.4, -0.2) is 54.2 Å². The number of carboxylic acid groups (broad SMARTS) is 1. The van der Waals surface area contributed by atoms with Gasteiger partial charge >= 0.3 is 5.97 Å². The van der Waals surface area contributed by atoms with Crippen molar-refractivity contribution in [3.63, 3.8) is 0 Å². The molecule has 2 N–H and O–H groups in total. The van der Waals surface area contributed by atoms with E-state index >= 15 is 0 Å². The van der Waals surface area contributed by atoms with Gasteiger partial charge in [-0.05, 0) is 63.3 Å². The maximum Gasteiger partial charge on any atom is 0.335 e. The average Bonchev–Trinajstić information content (AvgIpc) is 2.74. The van der Waals surface area contributed by atoms with E-state index in [4.69, 9.17) is 9.84 Å². The van der Waals surface area contributed by atoms with Crippen LogP contribution in [0, 0.1) is 0 Å². The van der Waals surface area contributed by atoms with Gasteiger partial charge in [-0.25, -0.2) is 4.79 Å². The van der Waals surface area contributed by atoms with Crippen molar-refractivity contribution in [3.05, 3.63) is 59.9 Å². The lowest BCUT2D eigenvalue weighted by atomic mass is 10.2. The summed E-state index contributed by atoms with van der Waals surface area (Å²) in [7, 11) is 1.66. The molecule has 0 amide bonds. The molecule has 0 atom stereocenters. The Morgan fingerprint density at radius 2 is 1.86 bits per heavy atom. The molecule has 0 fully saturated rings. The van der Waals surface area contributed by atoms with Crippen LogP contribution in [0.3, 0.4) is 0 Å². The monoisotopic (exact) mass is 387 g/mol. The van der Waals surface area contributed by atoms with Crippen LogP contribution >= 0.6 is 0 Å².